The maximum atomic E-state index is 14.6. The lowest BCUT2D eigenvalue weighted by atomic mass is 9.97. The molecule has 1 saturated heterocycles. The van der Waals surface area contributed by atoms with Gasteiger partial charge in [-0.2, -0.15) is 0 Å². The molecule has 1 aliphatic rings. The third kappa shape index (κ3) is 3.89. The zero-order chi connectivity index (χ0) is 20.6. The van der Waals surface area contributed by atoms with Crippen LogP contribution in [0, 0.1) is 9.39 Å². The molecule has 28 heavy (non-hydrogen) atoms. The van der Waals surface area contributed by atoms with E-state index in [1.54, 1.807) is 13.1 Å². The van der Waals surface area contributed by atoms with Gasteiger partial charge in [0.1, 0.15) is 17.3 Å². The number of anilines is 2. The maximum Gasteiger partial charge on any atom is 0.274 e. The van der Waals surface area contributed by atoms with Crippen LogP contribution in [0.2, 0.25) is 0 Å². The van der Waals surface area contributed by atoms with Crippen LogP contribution in [0.25, 0.3) is 0 Å². The number of ether oxygens (including phenoxy) is 1. The van der Waals surface area contributed by atoms with Gasteiger partial charge in [-0.3, -0.25) is 14.4 Å². The van der Waals surface area contributed by atoms with Crippen LogP contribution in [0.1, 0.15) is 24.8 Å². The number of carbonyl (C=O) groups is 2. The Kier molecular flexibility index (Phi) is 5.73. The maximum absolute atomic E-state index is 14.6. The summed E-state index contributed by atoms with van der Waals surface area (Å²) < 4.78 is 21.7. The van der Waals surface area contributed by atoms with E-state index in [0.29, 0.717) is 20.6 Å². The summed E-state index contributed by atoms with van der Waals surface area (Å²) in [7, 11) is 3.00. The number of nitrogens with one attached hydrogen (secondary N) is 1. The summed E-state index contributed by atoms with van der Waals surface area (Å²) in [6.07, 6.45) is 1.57. The molecule has 0 radical (unpaired) electrons. The van der Waals surface area contributed by atoms with Crippen LogP contribution in [0.15, 0.2) is 29.2 Å². The zero-order valence-corrected chi connectivity index (χ0v) is 17.7. The summed E-state index contributed by atoms with van der Waals surface area (Å²) in [4.78, 5) is 37.9. The van der Waals surface area contributed by atoms with Crippen LogP contribution in [0.3, 0.4) is 0 Å². The largest absolute Gasteiger partial charge is 0.497 e. The highest BCUT2D eigenvalue weighted by Crippen LogP contribution is 2.36. The second-order valence-corrected chi connectivity index (χ2v) is 7.78. The fourth-order valence-electron chi connectivity index (χ4n) is 3.36. The molecule has 1 aliphatic heterocycles. The Morgan fingerprint density at radius 1 is 1.32 bits per heavy atom. The van der Waals surface area contributed by atoms with E-state index in [2.05, 4.69) is 5.32 Å². The highest BCUT2D eigenvalue weighted by atomic mass is 127. The van der Waals surface area contributed by atoms with E-state index < -0.39 is 5.82 Å². The third-order valence-corrected chi connectivity index (χ3v) is 5.49. The molecule has 1 aromatic heterocycles. The van der Waals surface area contributed by atoms with E-state index in [0.717, 1.165) is 0 Å². The van der Waals surface area contributed by atoms with Crippen molar-refractivity contribution in [3.8, 4) is 5.75 Å². The summed E-state index contributed by atoms with van der Waals surface area (Å²) in [5.41, 5.74) is 0.635. The fraction of sp³-hybridized carbons (Fsp3) is 0.316. The molecule has 1 atom stereocenters. The van der Waals surface area contributed by atoms with E-state index in [1.165, 1.54) is 41.8 Å². The van der Waals surface area contributed by atoms with E-state index in [9.17, 15) is 18.8 Å². The number of pyridine rings is 1. The molecule has 2 amide bonds. The molecule has 148 valence electrons. The lowest BCUT2D eigenvalue weighted by Gasteiger charge is -2.19. The minimum absolute atomic E-state index is 0.0900. The Morgan fingerprint density at radius 2 is 2.04 bits per heavy atom. The first-order valence-corrected chi connectivity index (χ1v) is 9.60. The summed E-state index contributed by atoms with van der Waals surface area (Å²) in [6, 6.07) is 4.48. The number of hydrogen-bond acceptors (Lipinski definition) is 4. The Morgan fingerprint density at radius 3 is 2.64 bits per heavy atom. The number of aryl methyl sites for hydroxylation is 1. The average molecular weight is 499 g/mol. The van der Waals surface area contributed by atoms with E-state index in [-0.39, 0.29) is 41.9 Å². The van der Waals surface area contributed by atoms with Gasteiger partial charge in [0.25, 0.3) is 5.56 Å². The number of carbonyl (C=O) groups excluding carboxylic acids is 2. The van der Waals surface area contributed by atoms with E-state index in [1.807, 2.05) is 22.6 Å². The van der Waals surface area contributed by atoms with Crippen molar-refractivity contribution in [1.29, 1.82) is 0 Å². The second kappa shape index (κ2) is 7.90. The fourth-order valence-corrected chi connectivity index (χ4v) is 4.37. The summed E-state index contributed by atoms with van der Waals surface area (Å²) in [6.45, 7) is 1.53. The number of nitrogens with zero attached hydrogens (tertiary/aromatic N) is 2. The van der Waals surface area contributed by atoms with Gasteiger partial charge in [-0.05, 0) is 34.7 Å². The Bertz CT molecular complexity index is 998. The predicted molar refractivity (Wildman–Crippen MR) is 111 cm³/mol. The second-order valence-electron chi connectivity index (χ2n) is 6.62. The number of amides is 2. The molecule has 2 heterocycles. The molecule has 1 N–H and O–H groups in total. The standard InChI is InChI=1S/C19H19FIN3O4/c1-10(25)22-12-5-16(19(27)23(2)9-12)24-8-11(4-17(24)26)18-14(20)6-13(28-3)7-15(18)21/h5-7,9,11H,4,8H2,1-3H3,(H,22,25)/t11-/m0/s1. The number of hydrogen-bond donors (Lipinski definition) is 1. The molecule has 0 aliphatic carbocycles. The van der Waals surface area contributed by atoms with Crippen molar-refractivity contribution >= 4 is 45.8 Å². The number of benzene rings is 1. The van der Waals surface area contributed by atoms with E-state index in [4.69, 9.17) is 4.74 Å². The Labute approximate surface area is 174 Å². The molecule has 0 saturated carbocycles. The van der Waals surface area contributed by atoms with Crippen molar-refractivity contribution in [2.24, 2.45) is 7.05 Å². The first kappa shape index (κ1) is 20.3. The van der Waals surface area contributed by atoms with Crippen LogP contribution in [-0.4, -0.2) is 30.0 Å². The number of methoxy groups -OCH3 is 1. The van der Waals surface area contributed by atoms with Gasteiger partial charge >= 0.3 is 0 Å². The summed E-state index contributed by atoms with van der Waals surface area (Å²) >= 11 is 2.02. The Balaban J connectivity index is 1.97. The van der Waals surface area contributed by atoms with Crippen molar-refractivity contribution in [1.82, 2.24) is 4.57 Å². The van der Waals surface area contributed by atoms with Crippen LogP contribution >= 0.6 is 22.6 Å². The predicted octanol–water partition coefficient (Wildman–Crippen LogP) is 2.62. The summed E-state index contributed by atoms with van der Waals surface area (Å²) in [5.74, 6) is -0.982. The van der Waals surface area contributed by atoms with Crippen LogP contribution in [-0.2, 0) is 16.6 Å². The van der Waals surface area contributed by atoms with Gasteiger partial charge in [0.15, 0.2) is 0 Å². The first-order valence-electron chi connectivity index (χ1n) is 8.52. The van der Waals surface area contributed by atoms with Crippen molar-refractivity contribution in [3.05, 3.63) is 49.7 Å². The highest BCUT2D eigenvalue weighted by Gasteiger charge is 2.35. The molecule has 0 bridgehead atoms. The van der Waals surface area contributed by atoms with Gasteiger partial charge in [-0.1, -0.05) is 0 Å². The zero-order valence-electron chi connectivity index (χ0n) is 15.6. The molecule has 0 spiro atoms. The van der Waals surface area contributed by atoms with Gasteiger partial charge < -0.3 is 19.5 Å². The van der Waals surface area contributed by atoms with Gasteiger partial charge in [-0.25, -0.2) is 4.39 Å². The highest BCUT2D eigenvalue weighted by molar-refractivity contribution is 14.1. The minimum Gasteiger partial charge on any atom is -0.497 e. The molecule has 2 aromatic rings. The van der Waals surface area contributed by atoms with Crippen molar-refractivity contribution in [3.63, 3.8) is 0 Å². The topological polar surface area (TPSA) is 80.6 Å². The number of aromatic nitrogens is 1. The molecule has 7 nitrogen and oxygen atoms in total. The Hall–Kier alpha value is -2.43. The molecule has 3 rings (SSSR count). The van der Waals surface area contributed by atoms with Crippen LogP contribution in [0.4, 0.5) is 15.8 Å². The molecule has 1 fully saturated rings. The van der Waals surface area contributed by atoms with Gasteiger partial charge in [0, 0.05) is 54.3 Å². The quantitative estimate of drug-likeness (QED) is 0.657. The molecule has 1 aromatic carbocycles. The van der Waals surface area contributed by atoms with Crippen LogP contribution < -0.4 is 20.5 Å². The van der Waals surface area contributed by atoms with E-state index >= 15 is 0 Å². The molecular formula is C19H19FIN3O4. The molecule has 0 unspecified atom stereocenters. The number of halogens is 2. The lowest BCUT2D eigenvalue weighted by Crippen LogP contribution is -2.33. The van der Waals surface area contributed by atoms with Crippen molar-refractivity contribution < 1.29 is 18.7 Å². The van der Waals surface area contributed by atoms with Gasteiger partial charge in [-0.15, -0.1) is 0 Å². The van der Waals surface area contributed by atoms with Crippen molar-refractivity contribution in [2.45, 2.75) is 19.3 Å². The van der Waals surface area contributed by atoms with Gasteiger partial charge in [0.2, 0.25) is 11.8 Å². The molecule has 9 heteroatoms. The smallest absolute Gasteiger partial charge is 0.274 e. The normalized spacial score (nSPS) is 16.4. The third-order valence-electron chi connectivity index (χ3n) is 4.60. The van der Waals surface area contributed by atoms with Crippen molar-refractivity contribution in [2.75, 3.05) is 23.9 Å². The average Bonchev–Trinajstić information content (AvgIpc) is 2.97. The number of rotatable bonds is 4. The summed E-state index contributed by atoms with van der Waals surface area (Å²) in [5, 5.41) is 2.61. The monoisotopic (exact) mass is 499 g/mol. The van der Waals surface area contributed by atoms with Gasteiger partial charge in [0.05, 0.1) is 12.8 Å². The first-order chi connectivity index (χ1) is 13.2. The molecular weight excluding hydrogens is 480 g/mol. The lowest BCUT2D eigenvalue weighted by molar-refractivity contribution is -0.117. The van der Waals surface area contributed by atoms with Crippen LogP contribution in [0.5, 0.6) is 5.75 Å². The SMILES string of the molecule is COc1cc(F)c([C@H]2CC(=O)N(c3cc(NC(C)=O)cn(C)c3=O)C2)c(I)c1. The minimum atomic E-state index is -0.441.